The van der Waals surface area contributed by atoms with E-state index in [0.717, 1.165) is 75.9 Å². The third-order valence-corrected chi connectivity index (χ3v) is 10.8. The zero-order valence-electron chi connectivity index (χ0n) is 29.8. The van der Waals surface area contributed by atoms with Gasteiger partial charge in [-0.25, -0.2) is 9.78 Å². The van der Waals surface area contributed by atoms with Crippen molar-refractivity contribution in [1.82, 2.24) is 34.3 Å². The molecular formula is C38H35ClF3MnN7O4. The molecule has 2 saturated heterocycles. The Hall–Kier alpha value is -4.56. The Morgan fingerprint density at radius 1 is 1.02 bits per heavy atom. The maximum atomic E-state index is 12.4. The van der Waals surface area contributed by atoms with Crippen LogP contribution in [0.1, 0.15) is 54.2 Å². The Bertz CT molecular complexity index is 2400. The quantitative estimate of drug-likeness (QED) is 0.190. The fourth-order valence-electron chi connectivity index (χ4n) is 7.66. The molecule has 1 radical (unpaired) electrons. The number of carbonyl (C=O) groups excluding carboxylic acids is 1. The van der Waals surface area contributed by atoms with E-state index in [1.54, 1.807) is 7.11 Å². The van der Waals surface area contributed by atoms with Gasteiger partial charge in [-0.3, -0.25) is 9.69 Å². The topological polar surface area (TPSA) is 124 Å². The van der Waals surface area contributed by atoms with Gasteiger partial charge in [-0.05, 0) is 48.9 Å². The minimum atomic E-state index is -4.76. The number of rotatable bonds is 4. The first-order chi connectivity index (χ1) is 25.2. The van der Waals surface area contributed by atoms with Gasteiger partial charge in [-0.15, -0.1) is 5.56 Å². The number of aromatic nitrogens is 5. The summed E-state index contributed by atoms with van der Waals surface area (Å²) in [5.74, 6) is -0.578. The molecule has 1 amide bonds. The van der Waals surface area contributed by atoms with Crippen molar-refractivity contribution in [3.8, 4) is 28.3 Å². The Morgan fingerprint density at radius 3 is 2.44 bits per heavy atom. The second-order valence-electron chi connectivity index (χ2n) is 13.6. The monoisotopic (exact) mass is 800 g/mol. The first-order valence-electron chi connectivity index (χ1n) is 17.0. The molecule has 0 bridgehead atoms. The number of hydrogen-bond acceptors (Lipinski definition) is 8. The van der Waals surface area contributed by atoms with Crippen LogP contribution in [0.2, 0.25) is 5.02 Å². The second-order valence-corrected chi connectivity index (χ2v) is 14.0. The molecule has 8 rings (SSSR count). The Labute approximate surface area is 324 Å². The molecule has 2 atom stereocenters. The summed E-state index contributed by atoms with van der Waals surface area (Å²) in [5.41, 5.74) is 5.33. The van der Waals surface area contributed by atoms with Crippen molar-refractivity contribution in [2.75, 3.05) is 20.2 Å². The fraction of sp³-hybridized carbons (Fsp3) is 0.368. The molecule has 281 valence electrons. The van der Waals surface area contributed by atoms with Crippen molar-refractivity contribution in [2.24, 2.45) is 14.1 Å². The number of hydrogen-bond donors (Lipinski definition) is 1. The molecule has 11 nitrogen and oxygen atoms in total. The molecule has 3 aliphatic rings. The van der Waals surface area contributed by atoms with Gasteiger partial charge in [-0.1, -0.05) is 42.3 Å². The van der Waals surface area contributed by atoms with Crippen LogP contribution in [0.25, 0.3) is 33.4 Å². The zero-order chi connectivity index (χ0) is 37.8. The first kappa shape index (κ1) is 39.1. The van der Waals surface area contributed by atoms with Crippen LogP contribution < -0.4 is 21.3 Å². The average molecular weight is 801 g/mol. The van der Waals surface area contributed by atoms with Gasteiger partial charge in [0.2, 0.25) is 11.8 Å². The maximum Gasteiger partial charge on any atom is 2.00 e. The number of amides is 1. The van der Waals surface area contributed by atoms with E-state index in [1.165, 1.54) is 25.2 Å². The van der Waals surface area contributed by atoms with E-state index in [0.29, 0.717) is 17.3 Å². The summed E-state index contributed by atoms with van der Waals surface area (Å²) in [4.78, 5) is 48.7. The molecule has 1 spiro atoms. The number of pyridine rings is 1. The molecule has 5 heterocycles. The molecular weight excluding hydrogens is 766 g/mol. The molecule has 16 heteroatoms. The second kappa shape index (κ2) is 14.9. The van der Waals surface area contributed by atoms with E-state index in [2.05, 4.69) is 45.3 Å². The van der Waals surface area contributed by atoms with Crippen LogP contribution in [0.3, 0.4) is 0 Å². The van der Waals surface area contributed by atoms with Gasteiger partial charge in [0.15, 0.2) is 11.4 Å². The van der Waals surface area contributed by atoms with Gasteiger partial charge >= 0.3 is 28.9 Å². The molecule has 2 fully saturated rings. The molecule has 2 aliphatic heterocycles. The molecule has 54 heavy (non-hydrogen) atoms. The third-order valence-electron chi connectivity index (χ3n) is 10.4. The number of benzene rings is 2. The molecule has 5 aromatic rings. The standard InChI is InChI=1S/C29H29ClN3O2.C9H6F3N4O2.Mn/c1-18-6-3-4-7-20(18)21-8-5-9-22(27(21)30)23-16-19-10-11-24(26(19)28(31-23)35-2)33-15-14-29(17-33)13-12-25(34)32-29;1-15-5-4(6(17)16(2)8(15)18)3-13-7(14-5)9(10,11)12;/h3-5,7-9,16,24H,10-15,17H2,1-2H3,(H,32,34);1-2H3;/q2*-1;+2/t24-,29-;;/m1../s1. The van der Waals surface area contributed by atoms with Crippen molar-refractivity contribution in [3.63, 3.8) is 0 Å². The number of carbonyl (C=O) groups is 1. The van der Waals surface area contributed by atoms with Crippen LogP contribution in [-0.4, -0.2) is 60.6 Å². The van der Waals surface area contributed by atoms with Crippen LogP contribution in [0.4, 0.5) is 13.2 Å². The van der Waals surface area contributed by atoms with Crippen LogP contribution in [-0.2, 0) is 48.6 Å². The number of halogens is 4. The van der Waals surface area contributed by atoms with Crippen LogP contribution in [0.5, 0.6) is 5.88 Å². The van der Waals surface area contributed by atoms with Crippen molar-refractivity contribution < 1.29 is 39.8 Å². The van der Waals surface area contributed by atoms with E-state index in [-0.39, 0.29) is 39.9 Å². The Morgan fingerprint density at radius 2 is 1.76 bits per heavy atom. The predicted molar refractivity (Wildman–Crippen MR) is 191 cm³/mol. The number of nitrogens with one attached hydrogen (secondary N) is 1. The number of nitrogens with zero attached hydrogens (tertiary/aromatic N) is 6. The van der Waals surface area contributed by atoms with Gasteiger partial charge in [0.1, 0.15) is 0 Å². The third kappa shape index (κ3) is 7.05. The van der Waals surface area contributed by atoms with Gasteiger partial charge < -0.3 is 34.0 Å². The van der Waals surface area contributed by atoms with Crippen molar-refractivity contribution in [3.05, 3.63) is 103 Å². The van der Waals surface area contributed by atoms with E-state index < -0.39 is 28.9 Å². The normalized spacial score (nSPS) is 19.3. The summed E-state index contributed by atoms with van der Waals surface area (Å²) in [5, 5.41) is 3.67. The molecule has 1 aliphatic carbocycles. The zero-order valence-corrected chi connectivity index (χ0v) is 31.7. The van der Waals surface area contributed by atoms with Crippen molar-refractivity contribution in [1.29, 1.82) is 0 Å². The minimum Gasteiger partial charge on any atom is -0.481 e. The molecule has 0 saturated carbocycles. The molecule has 3 aromatic heterocycles. The Balaban J connectivity index is 0.000000222. The fourth-order valence-corrected chi connectivity index (χ4v) is 7.99. The number of fused-ring (bicyclic) bond motifs is 2. The summed E-state index contributed by atoms with van der Waals surface area (Å²) in [6.45, 7) is 3.93. The first-order valence-corrected chi connectivity index (χ1v) is 17.4. The SMILES string of the molecule is COc1nc(-c2cccc(-c3ccc[c-]c3C)c2Cl)cc2c1[C@H](N1CC[C@]3(CCC(=O)N3)C1)CC2.Cn1c(=O)c2[c-]nc(C(F)(F)F)nc2n(C)c1=O.[Mn+2]. The Kier molecular flexibility index (Phi) is 10.8. The molecule has 0 unspecified atom stereocenters. The van der Waals surface area contributed by atoms with Crippen LogP contribution in [0, 0.1) is 19.2 Å². The minimum absolute atomic E-state index is 0. The summed E-state index contributed by atoms with van der Waals surface area (Å²) in [6.07, 6.45) is 1.82. The van der Waals surface area contributed by atoms with Gasteiger partial charge in [0.05, 0.1) is 24.0 Å². The smallest absolute Gasteiger partial charge is 0.481 e. The van der Waals surface area contributed by atoms with E-state index in [4.69, 9.17) is 21.3 Å². The van der Waals surface area contributed by atoms with Crippen molar-refractivity contribution >= 4 is 28.5 Å². The average Bonchev–Trinajstić information content (AvgIpc) is 3.87. The van der Waals surface area contributed by atoms with E-state index in [1.807, 2.05) is 36.5 Å². The number of ether oxygens (including phenoxy) is 1. The molecule has 1 N–H and O–H groups in total. The summed E-state index contributed by atoms with van der Waals surface area (Å²) < 4.78 is 44.7. The van der Waals surface area contributed by atoms with Gasteiger partial charge in [0.25, 0.3) is 0 Å². The number of likely N-dealkylation sites (tertiary alicyclic amines) is 1. The summed E-state index contributed by atoms with van der Waals surface area (Å²) >= 11 is 6.97. The van der Waals surface area contributed by atoms with Crippen LogP contribution in [0.15, 0.2) is 52.1 Å². The summed E-state index contributed by atoms with van der Waals surface area (Å²) in [7, 11) is 4.12. The van der Waals surface area contributed by atoms with Crippen molar-refractivity contribution in [2.45, 2.75) is 56.8 Å². The largest absolute Gasteiger partial charge is 2.00 e. The van der Waals surface area contributed by atoms with Gasteiger partial charge in [-0.2, -0.15) is 43.0 Å². The predicted octanol–water partition coefficient (Wildman–Crippen LogP) is 5.37. The number of methoxy groups -OCH3 is 1. The van der Waals surface area contributed by atoms with Gasteiger partial charge in [0, 0.05) is 55.8 Å². The molecule has 2 aromatic carbocycles. The maximum absolute atomic E-state index is 12.4. The summed E-state index contributed by atoms with van der Waals surface area (Å²) in [6, 6.07) is 17.8. The number of aryl methyl sites for hydroxylation is 3. The van der Waals surface area contributed by atoms with Crippen LogP contribution >= 0.6 is 11.6 Å². The van der Waals surface area contributed by atoms with E-state index in [9.17, 15) is 27.6 Å². The van der Waals surface area contributed by atoms with E-state index >= 15 is 0 Å². The number of alkyl halides is 3.